The number of anilines is 1. The van der Waals surface area contributed by atoms with Crippen LogP contribution in [0.15, 0.2) is 55.0 Å². The van der Waals surface area contributed by atoms with Gasteiger partial charge in [-0.2, -0.15) is 0 Å². The van der Waals surface area contributed by atoms with Gasteiger partial charge in [-0.1, -0.05) is 29.8 Å². The Morgan fingerprint density at radius 2 is 1.95 bits per heavy atom. The van der Waals surface area contributed by atoms with Crippen molar-refractivity contribution in [2.75, 3.05) is 5.32 Å². The van der Waals surface area contributed by atoms with Gasteiger partial charge in [-0.3, -0.25) is 4.57 Å². The maximum absolute atomic E-state index is 4.47. The van der Waals surface area contributed by atoms with E-state index in [0.717, 1.165) is 23.9 Å². The third kappa shape index (κ3) is 2.94. The second-order valence-corrected chi connectivity index (χ2v) is 5.06. The highest BCUT2D eigenvalue weighted by Crippen LogP contribution is 2.19. The molecule has 2 aromatic heterocycles. The molecule has 0 aliphatic rings. The molecule has 0 atom stereocenters. The van der Waals surface area contributed by atoms with E-state index in [1.54, 1.807) is 12.4 Å². The lowest BCUT2D eigenvalue weighted by molar-refractivity contribution is 0.929. The highest BCUT2D eigenvalue weighted by molar-refractivity contribution is 5.57. The summed E-state index contributed by atoms with van der Waals surface area (Å²) in [5, 5.41) is 3.46. The van der Waals surface area contributed by atoms with E-state index >= 15 is 0 Å². The Hall–Kier alpha value is -2.62. The van der Waals surface area contributed by atoms with Gasteiger partial charge in [0, 0.05) is 25.1 Å². The molecule has 4 nitrogen and oxygen atoms in total. The van der Waals surface area contributed by atoms with Crippen LogP contribution in [-0.4, -0.2) is 14.5 Å². The van der Waals surface area contributed by atoms with Crippen molar-refractivity contribution < 1.29 is 0 Å². The van der Waals surface area contributed by atoms with Crippen molar-refractivity contribution >= 4 is 5.69 Å². The monoisotopic (exact) mass is 278 g/mol. The highest BCUT2D eigenvalue weighted by atomic mass is 15.1. The molecule has 0 aliphatic heterocycles. The number of pyridine rings is 1. The van der Waals surface area contributed by atoms with Crippen LogP contribution < -0.4 is 5.32 Å². The minimum absolute atomic E-state index is 0.772. The standard InChI is InChI=1S/C17H18N4/c1-13-5-3-6-15(11-13)12-20-16-7-4-8-19-17(16)21-10-9-18-14(21)2/h3-11,20H,12H2,1-2H3. The number of hydrogen-bond donors (Lipinski definition) is 1. The zero-order valence-corrected chi connectivity index (χ0v) is 12.2. The van der Waals surface area contributed by atoms with Gasteiger partial charge in [0.25, 0.3) is 0 Å². The van der Waals surface area contributed by atoms with Crippen LogP contribution in [0.2, 0.25) is 0 Å². The van der Waals surface area contributed by atoms with Crippen LogP contribution in [0, 0.1) is 13.8 Å². The molecule has 0 fully saturated rings. The van der Waals surface area contributed by atoms with Crippen LogP contribution in [0.25, 0.3) is 5.82 Å². The third-order valence-corrected chi connectivity index (χ3v) is 3.41. The van der Waals surface area contributed by atoms with Gasteiger partial charge in [-0.05, 0) is 31.5 Å². The van der Waals surface area contributed by atoms with Crippen LogP contribution in [0.1, 0.15) is 17.0 Å². The highest BCUT2D eigenvalue weighted by Gasteiger charge is 2.07. The van der Waals surface area contributed by atoms with Crippen molar-refractivity contribution in [2.24, 2.45) is 0 Å². The Morgan fingerprint density at radius 1 is 1.05 bits per heavy atom. The first-order valence-corrected chi connectivity index (χ1v) is 6.99. The van der Waals surface area contributed by atoms with Crippen LogP contribution in [-0.2, 0) is 6.54 Å². The van der Waals surface area contributed by atoms with Gasteiger partial charge < -0.3 is 5.32 Å². The zero-order chi connectivity index (χ0) is 14.7. The number of aryl methyl sites for hydroxylation is 2. The van der Waals surface area contributed by atoms with Gasteiger partial charge in [-0.25, -0.2) is 9.97 Å². The molecule has 21 heavy (non-hydrogen) atoms. The first kappa shape index (κ1) is 13.4. The van der Waals surface area contributed by atoms with Gasteiger partial charge in [0.05, 0.1) is 5.69 Å². The van der Waals surface area contributed by atoms with Crippen LogP contribution >= 0.6 is 0 Å². The summed E-state index contributed by atoms with van der Waals surface area (Å²) in [5.41, 5.74) is 3.53. The second-order valence-electron chi connectivity index (χ2n) is 5.06. The van der Waals surface area contributed by atoms with E-state index < -0.39 is 0 Å². The summed E-state index contributed by atoms with van der Waals surface area (Å²) in [7, 11) is 0. The van der Waals surface area contributed by atoms with E-state index in [9.17, 15) is 0 Å². The molecule has 0 aliphatic carbocycles. The van der Waals surface area contributed by atoms with Crippen LogP contribution in [0.5, 0.6) is 0 Å². The van der Waals surface area contributed by atoms with Gasteiger partial charge in [-0.15, -0.1) is 0 Å². The minimum atomic E-state index is 0.772. The van der Waals surface area contributed by atoms with Crippen molar-refractivity contribution in [1.29, 1.82) is 0 Å². The van der Waals surface area contributed by atoms with Crippen molar-refractivity contribution in [3.63, 3.8) is 0 Å². The molecular weight excluding hydrogens is 260 g/mol. The fourth-order valence-corrected chi connectivity index (χ4v) is 2.35. The van der Waals surface area contributed by atoms with Crippen molar-refractivity contribution in [3.05, 3.63) is 71.9 Å². The number of aromatic nitrogens is 3. The van der Waals surface area contributed by atoms with E-state index in [0.29, 0.717) is 0 Å². The molecule has 0 unspecified atom stereocenters. The van der Waals surface area contributed by atoms with Crippen molar-refractivity contribution in [3.8, 4) is 5.82 Å². The first-order valence-electron chi connectivity index (χ1n) is 6.99. The Morgan fingerprint density at radius 3 is 2.71 bits per heavy atom. The van der Waals surface area contributed by atoms with E-state index in [4.69, 9.17) is 0 Å². The molecule has 0 saturated carbocycles. The zero-order valence-electron chi connectivity index (χ0n) is 12.2. The van der Waals surface area contributed by atoms with E-state index in [1.807, 2.05) is 29.8 Å². The molecule has 2 heterocycles. The van der Waals surface area contributed by atoms with Crippen LogP contribution in [0.3, 0.4) is 0 Å². The molecule has 0 bridgehead atoms. The average molecular weight is 278 g/mol. The molecule has 1 aromatic carbocycles. The summed E-state index contributed by atoms with van der Waals surface area (Å²) in [5.74, 6) is 1.80. The Kier molecular flexibility index (Phi) is 3.69. The molecule has 106 valence electrons. The van der Waals surface area contributed by atoms with E-state index in [-0.39, 0.29) is 0 Å². The summed E-state index contributed by atoms with van der Waals surface area (Å²) < 4.78 is 1.98. The molecule has 0 spiro atoms. The Labute approximate surface area is 124 Å². The number of benzene rings is 1. The molecule has 0 amide bonds. The topological polar surface area (TPSA) is 42.7 Å². The maximum Gasteiger partial charge on any atom is 0.161 e. The summed E-state index contributed by atoms with van der Waals surface area (Å²) in [4.78, 5) is 8.73. The second kappa shape index (κ2) is 5.79. The van der Waals surface area contributed by atoms with Crippen molar-refractivity contribution in [1.82, 2.24) is 14.5 Å². The summed E-state index contributed by atoms with van der Waals surface area (Å²) in [6, 6.07) is 12.5. The van der Waals surface area contributed by atoms with E-state index in [2.05, 4.69) is 46.5 Å². The molecular formula is C17H18N4. The number of rotatable bonds is 4. The molecule has 1 N–H and O–H groups in total. The predicted molar refractivity (Wildman–Crippen MR) is 84.6 cm³/mol. The van der Waals surface area contributed by atoms with E-state index in [1.165, 1.54) is 11.1 Å². The average Bonchev–Trinajstić information content (AvgIpc) is 2.91. The van der Waals surface area contributed by atoms with Crippen LogP contribution in [0.4, 0.5) is 5.69 Å². The number of nitrogens with one attached hydrogen (secondary N) is 1. The molecule has 3 rings (SSSR count). The number of hydrogen-bond acceptors (Lipinski definition) is 3. The Balaban J connectivity index is 1.85. The summed E-state index contributed by atoms with van der Waals surface area (Å²) in [6.45, 7) is 4.85. The SMILES string of the molecule is Cc1cccc(CNc2cccnc2-n2ccnc2C)c1. The van der Waals surface area contributed by atoms with Crippen molar-refractivity contribution in [2.45, 2.75) is 20.4 Å². The lowest BCUT2D eigenvalue weighted by Crippen LogP contribution is -2.06. The largest absolute Gasteiger partial charge is 0.378 e. The Bertz CT molecular complexity index is 746. The predicted octanol–water partition coefficient (Wildman–Crippen LogP) is 3.50. The minimum Gasteiger partial charge on any atom is -0.378 e. The van der Waals surface area contributed by atoms with Gasteiger partial charge in [0.15, 0.2) is 5.82 Å². The molecule has 4 heteroatoms. The van der Waals surface area contributed by atoms with Gasteiger partial charge in [0.1, 0.15) is 5.82 Å². The number of imidazole rings is 1. The lowest BCUT2D eigenvalue weighted by atomic mass is 10.1. The third-order valence-electron chi connectivity index (χ3n) is 3.41. The fourth-order valence-electron chi connectivity index (χ4n) is 2.35. The fraction of sp³-hybridized carbons (Fsp3) is 0.176. The summed E-state index contributed by atoms with van der Waals surface area (Å²) in [6.07, 6.45) is 5.51. The number of nitrogens with zero attached hydrogens (tertiary/aromatic N) is 3. The summed E-state index contributed by atoms with van der Waals surface area (Å²) >= 11 is 0. The first-order chi connectivity index (χ1) is 10.2. The molecule has 0 saturated heterocycles. The maximum atomic E-state index is 4.47. The van der Waals surface area contributed by atoms with Gasteiger partial charge >= 0.3 is 0 Å². The molecule has 3 aromatic rings. The normalized spacial score (nSPS) is 10.6. The molecule has 0 radical (unpaired) electrons. The van der Waals surface area contributed by atoms with Gasteiger partial charge in [0.2, 0.25) is 0 Å². The quantitative estimate of drug-likeness (QED) is 0.794. The lowest BCUT2D eigenvalue weighted by Gasteiger charge is -2.12. The smallest absolute Gasteiger partial charge is 0.161 e.